The minimum absolute atomic E-state index is 0.0743. The van der Waals surface area contributed by atoms with Crippen LogP contribution in [0.25, 0.3) is 10.9 Å². The molecule has 4 fully saturated rings. The smallest absolute Gasteiger partial charge is 0.329 e. The number of allylic oxidation sites excluding steroid dienone is 6. The first kappa shape index (κ1) is 55.8. The molecule has 0 spiro atoms. The van der Waals surface area contributed by atoms with E-state index >= 15 is 0 Å². The minimum atomic E-state index is -2.43. The summed E-state index contributed by atoms with van der Waals surface area (Å²) in [4.78, 5) is 48.5. The van der Waals surface area contributed by atoms with Gasteiger partial charge >= 0.3 is 5.97 Å². The fraction of sp³-hybridized carbons (Fsp3) is 0.672. The average Bonchev–Trinajstić information content (AvgIpc) is 3.76. The number of amides is 1. The number of carbonyl (C=O) groups excluding carboxylic acids is 3. The van der Waals surface area contributed by atoms with Crippen LogP contribution in [0.4, 0.5) is 0 Å². The van der Waals surface area contributed by atoms with Crippen molar-refractivity contribution in [1.29, 1.82) is 0 Å². The van der Waals surface area contributed by atoms with E-state index in [4.69, 9.17) is 18.9 Å². The number of nitrogens with one attached hydrogen (secondary N) is 1. The second kappa shape index (κ2) is 24.1. The molecule has 4 aliphatic heterocycles. The molecule has 18 atom stereocenters. The highest BCUT2D eigenvalue weighted by Gasteiger charge is 2.55. The number of benzene rings is 1. The number of aryl methyl sites for hydroxylation is 1. The Balaban J connectivity index is 1.23. The molecule has 1 unspecified atom stereocenters. The van der Waals surface area contributed by atoms with E-state index in [0.717, 1.165) is 34.0 Å². The maximum Gasteiger partial charge on any atom is 0.329 e. The van der Waals surface area contributed by atoms with Gasteiger partial charge in [-0.05, 0) is 131 Å². The number of H-pyrrole nitrogens is 1. The largest absolute Gasteiger partial charge is 0.460 e. The van der Waals surface area contributed by atoms with Crippen molar-refractivity contribution in [1.82, 2.24) is 9.88 Å². The van der Waals surface area contributed by atoms with Gasteiger partial charge in [0.25, 0.3) is 11.7 Å². The number of nitrogens with zero attached hydrogens (tertiary/aromatic N) is 1. The van der Waals surface area contributed by atoms with E-state index in [9.17, 15) is 39.9 Å². The summed E-state index contributed by atoms with van der Waals surface area (Å²) in [5.74, 6) is -6.94. The van der Waals surface area contributed by atoms with Crippen LogP contribution in [0.1, 0.15) is 129 Å². The Morgan fingerprint density at radius 3 is 2.33 bits per heavy atom. The number of Topliss-reactive ketones (excluding diaryl/α,β-unsaturated/α-hetero) is 1. The van der Waals surface area contributed by atoms with Gasteiger partial charge in [0, 0.05) is 62.0 Å². The Morgan fingerprint density at radius 2 is 1.60 bits per heavy atom. The van der Waals surface area contributed by atoms with Crippen LogP contribution in [0.5, 0.6) is 0 Å². The first-order valence-corrected chi connectivity index (χ1v) is 26.8. The molecule has 0 radical (unpaired) electrons. The second-order valence-electron chi connectivity index (χ2n) is 22.5. The van der Waals surface area contributed by atoms with Gasteiger partial charge in [0.15, 0.2) is 0 Å². The number of methoxy groups -OCH3 is 2. The first-order valence-electron chi connectivity index (χ1n) is 26.8. The Hall–Kier alpha value is -3.99. The summed E-state index contributed by atoms with van der Waals surface area (Å²) in [5, 5.41) is 59.3. The van der Waals surface area contributed by atoms with Crippen LogP contribution in [0.3, 0.4) is 0 Å². The summed E-state index contributed by atoms with van der Waals surface area (Å²) in [6.45, 7) is 13.5. The lowest BCUT2D eigenvalue weighted by atomic mass is 9.70. The number of aromatic amines is 1. The summed E-state index contributed by atoms with van der Waals surface area (Å²) in [5.41, 5.74) is 4.73. The molecule has 6 N–H and O–H groups in total. The topological polar surface area (TPSA) is 208 Å². The lowest BCUT2D eigenvalue weighted by molar-refractivity contribution is -0.264. The lowest BCUT2D eigenvalue weighted by Crippen LogP contribution is -2.61. The lowest BCUT2D eigenvalue weighted by Gasteiger charge is -2.43. The Kier molecular flexibility index (Phi) is 18.7. The number of aliphatic hydroxyl groups excluding tert-OH is 4. The third kappa shape index (κ3) is 12.2. The molecular formula is C58H84N2O12. The molecular weight excluding hydrogens is 917 g/mol. The van der Waals surface area contributed by atoms with E-state index in [2.05, 4.69) is 50.0 Å². The summed E-state index contributed by atoms with van der Waals surface area (Å²) in [6.07, 6.45) is 12.9. The van der Waals surface area contributed by atoms with Gasteiger partial charge in [-0.1, -0.05) is 87.9 Å². The van der Waals surface area contributed by atoms with Crippen molar-refractivity contribution in [2.24, 2.45) is 41.4 Å². The molecule has 14 nitrogen and oxygen atoms in total. The number of para-hydroxylation sites is 1. The molecule has 5 bridgehead atoms. The molecule has 3 saturated heterocycles. The number of aromatic nitrogens is 1. The average molecular weight is 1000 g/mol. The van der Waals surface area contributed by atoms with Crippen LogP contribution >= 0.6 is 0 Å². The summed E-state index contributed by atoms with van der Waals surface area (Å²) in [6, 6.07) is 5.08. The maximum absolute atomic E-state index is 14.6. The predicted octanol–water partition coefficient (Wildman–Crippen LogP) is 7.54. The number of hydrogen-bond acceptors (Lipinski definition) is 12. The zero-order valence-corrected chi connectivity index (χ0v) is 44.1. The van der Waals surface area contributed by atoms with Crippen molar-refractivity contribution in [3.05, 3.63) is 83.1 Å². The molecule has 1 aromatic carbocycles. The van der Waals surface area contributed by atoms with Crippen molar-refractivity contribution in [3.8, 4) is 0 Å². The highest BCUT2D eigenvalue weighted by atomic mass is 16.6. The molecule has 1 aromatic heterocycles. The van der Waals surface area contributed by atoms with Gasteiger partial charge in [0.2, 0.25) is 5.79 Å². The van der Waals surface area contributed by atoms with Gasteiger partial charge in [-0.3, -0.25) is 9.59 Å². The molecule has 1 saturated carbocycles. The van der Waals surface area contributed by atoms with Gasteiger partial charge in [-0.15, -0.1) is 0 Å². The SMILES string of the molecule is CO[C@H]1[C@@H](O)[C@H](C)C[C@H](C)/C=C/C=C/C=C(\C)[C@@H](c2c[nH]c3c(C)cccc23)C[C@@H]2CC[C@@H](C)[C@@](O)(O2)C(=O)C(=O)N2CCC3C[C@H]2C(=O)O[C@@H](C[C@H](O)[C@H](C)/C=C(\C)[C@H]1O)[C@H]3C[C@@H]1CC[C@@H](O)[C@H](OC)C1. The number of carbonyl (C=O) groups is 3. The van der Waals surface area contributed by atoms with E-state index in [-0.39, 0.29) is 61.0 Å². The first-order chi connectivity index (χ1) is 34.3. The number of hydrogen-bond donors (Lipinski definition) is 6. The Labute approximate surface area is 426 Å². The van der Waals surface area contributed by atoms with Crippen molar-refractivity contribution in [2.75, 3.05) is 20.8 Å². The number of aliphatic hydroxyl groups is 5. The van der Waals surface area contributed by atoms with E-state index in [0.29, 0.717) is 56.9 Å². The fourth-order valence-electron chi connectivity index (χ4n) is 12.9. The Bertz CT molecular complexity index is 2320. The molecule has 7 rings (SSSR count). The molecule has 1 amide bonds. The number of piperidine rings is 1. The van der Waals surface area contributed by atoms with Gasteiger partial charge in [-0.25, -0.2) is 4.79 Å². The summed E-state index contributed by atoms with van der Waals surface area (Å²) in [7, 11) is 3.07. The normalized spacial score (nSPS) is 41.8. The highest BCUT2D eigenvalue weighted by Crippen LogP contribution is 2.45. The quantitative estimate of drug-likeness (QED) is 0.0976. The highest BCUT2D eigenvalue weighted by molar-refractivity contribution is 6.39. The van der Waals surface area contributed by atoms with Gasteiger partial charge in [0.1, 0.15) is 24.4 Å². The van der Waals surface area contributed by atoms with Crippen molar-refractivity contribution in [2.45, 2.75) is 186 Å². The molecule has 14 heteroatoms. The van der Waals surface area contributed by atoms with Crippen molar-refractivity contribution >= 4 is 28.6 Å². The van der Waals surface area contributed by atoms with E-state index in [1.165, 1.54) is 12.0 Å². The Morgan fingerprint density at radius 1 is 0.833 bits per heavy atom. The predicted molar refractivity (Wildman–Crippen MR) is 275 cm³/mol. The van der Waals surface area contributed by atoms with Crippen LogP contribution in [0.2, 0.25) is 0 Å². The van der Waals surface area contributed by atoms with E-state index < -0.39 is 84.1 Å². The number of ether oxygens (including phenoxy) is 4. The monoisotopic (exact) mass is 1000 g/mol. The van der Waals surface area contributed by atoms with Crippen LogP contribution in [-0.2, 0) is 33.3 Å². The van der Waals surface area contributed by atoms with Gasteiger partial charge in [0.05, 0.1) is 30.5 Å². The van der Waals surface area contributed by atoms with Crippen LogP contribution in [0.15, 0.2) is 72.0 Å². The summed E-state index contributed by atoms with van der Waals surface area (Å²) < 4.78 is 24.3. The van der Waals surface area contributed by atoms with E-state index in [1.807, 2.05) is 44.3 Å². The fourth-order valence-corrected chi connectivity index (χ4v) is 12.9. The molecule has 1 aliphatic carbocycles. The van der Waals surface area contributed by atoms with Crippen molar-refractivity contribution < 1.29 is 58.9 Å². The third-order valence-electron chi connectivity index (χ3n) is 17.5. The van der Waals surface area contributed by atoms with Crippen LogP contribution in [0, 0.1) is 48.3 Å². The third-order valence-corrected chi connectivity index (χ3v) is 17.5. The molecule has 398 valence electrons. The zero-order chi connectivity index (χ0) is 52.2. The van der Waals surface area contributed by atoms with E-state index in [1.54, 1.807) is 27.0 Å². The standard InChI is InChI=1S/C58H84N2O12/c1-32-14-11-10-12-15-33(2)43(45-31-59-51-34(3)16-13-17-42(45)51)29-41-20-18-38(7)58(68,72-41)55(65)56(66)60-23-22-40-28-46(60)57(67)71-49(44(40)26-39-19-21-47(61)50(27-39)69-8)30-48(62)35(4)25-37(6)53(64)54(70-9)52(63)36(5)24-32/h10-17,25,31-32,35-36,38-41,43-44,46-50,52-54,59,61-64,68H,18-24,26-30H2,1-9H3/b12-10+,14-11+,33-15+,37-25+/t32-,35-,36-,38-,39+,40?,41+,43+,44+,46+,47-,48+,49+,50-,52+,53-,54+,58-/m1/s1. The molecule has 72 heavy (non-hydrogen) atoms. The molecule has 5 heterocycles. The zero-order valence-electron chi connectivity index (χ0n) is 44.1. The van der Waals surface area contributed by atoms with Gasteiger partial charge in [-0.2, -0.15) is 0 Å². The summed E-state index contributed by atoms with van der Waals surface area (Å²) >= 11 is 0. The van der Waals surface area contributed by atoms with Gasteiger partial charge < -0.3 is 54.4 Å². The number of rotatable bonds is 5. The number of esters is 1. The van der Waals surface area contributed by atoms with Crippen LogP contribution in [-0.4, -0.2) is 135 Å². The second-order valence-corrected chi connectivity index (χ2v) is 22.5. The maximum atomic E-state index is 14.6. The van der Waals surface area contributed by atoms with Crippen molar-refractivity contribution in [3.63, 3.8) is 0 Å². The number of ketones is 1. The minimum Gasteiger partial charge on any atom is -0.460 e. The molecule has 5 aliphatic rings. The number of fused-ring (bicyclic) bond motifs is 6. The van der Waals surface area contributed by atoms with Crippen LogP contribution < -0.4 is 0 Å². The molecule has 2 aromatic rings.